The zero-order chi connectivity index (χ0) is 36.9. The van der Waals surface area contributed by atoms with Gasteiger partial charge in [-0.3, -0.25) is 9.78 Å². The van der Waals surface area contributed by atoms with Crippen molar-refractivity contribution in [2.75, 3.05) is 0 Å². The molecule has 0 amide bonds. The van der Waals surface area contributed by atoms with Crippen LogP contribution in [0.15, 0.2) is 83.2 Å². The van der Waals surface area contributed by atoms with Crippen molar-refractivity contribution in [2.24, 2.45) is 16.7 Å². The van der Waals surface area contributed by atoms with Gasteiger partial charge in [-0.25, -0.2) is 4.98 Å². The predicted octanol–water partition coefficient (Wildman–Crippen LogP) is 12.7. The van der Waals surface area contributed by atoms with Crippen molar-refractivity contribution in [3.05, 3.63) is 96.0 Å². The van der Waals surface area contributed by atoms with Gasteiger partial charge in [-0.1, -0.05) is 117 Å². The Kier molecular flexibility index (Phi) is 14.2. The van der Waals surface area contributed by atoms with Crippen molar-refractivity contribution in [1.29, 1.82) is 0 Å². The number of allylic oxidation sites excluding steroid dienone is 2. The normalized spacial score (nSPS) is 12.5. The van der Waals surface area contributed by atoms with Gasteiger partial charge in [0, 0.05) is 48.1 Å². The van der Waals surface area contributed by atoms with Gasteiger partial charge in [-0.05, 0) is 67.2 Å². The standard InChI is InChI=1S/C30H29N2O.C15H28O2.Ir/c1-19(2)12-20-10-11-22-16-29(33-28(22)13-20)27-17-26(31-18-32-27)23-14-21-8-6-7-9-24(21)25(15-23)30(3,4)5;1-7-14(5,8-2)12(16)11-13(17)15(6,9-3)10-4;/h6-11,13,15-19H,12H2,1-5H3;11,16H,7-10H2,1-6H3;/q-1;;/b;12-11-;. The van der Waals surface area contributed by atoms with Gasteiger partial charge in [0.1, 0.15) is 23.4 Å². The smallest absolute Gasteiger partial charge is 0.164 e. The molecule has 2 heterocycles. The van der Waals surface area contributed by atoms with Gasteiger partial charge in [0.25, 0.3) is 0 Å². The first-order valence-corrected chi connectivity index (χ1v) is 18.3. The van der Waals surface area contributed by atoms with Gasteiger partial charge < -0.3 is 9.52 Å². The molecule has 5 nitrogen and oxygen atoms in total. The van der Waals surface area contributed by atoms with Crippen LogP contribution >= 0.6 is 0 Å². The van der Waals surface area contributed by atoms with Crippen LogP contribution in [-0.2, 0) is 36.7 Å². The summed E-state index contributed by atoms with van der Waals surface area (Å²) in [4.78, 5) is 21.3. The van der Waals surface area contributed by atoms with E-state index in [0.717, 1.165) is 71.2 Å². The number of rotatable bonds is 11. The first kappa shape index (κ1) is 41.8. The maximum atomic E-state index is 12.2. The monoisotopic (exact) mass is 866 g/mol. The van der Waals surface area contributed by atoms with Crippen LogP contribution < -0.4 is 0 Å². The Bertz CT molecular complexity index is 1960. The predicted molar refractivity (Wildman–Crippen MR) is 209 cm³/mol. The summed E-state index contributed by atoms with van der Waals surface area (Å²) in [7, 11) is 0. The zero-order valence-corrected chi connectivity index (χ0v) is 34.9. The number of aromatic nitrogens is 2. The van der Waals surface area contributed by atoms with Crippen LogP contribution in [0.3, 0.4) is 0 Å². The Morgan fingerprint density at radius 2 is 1.47 bits per heavy atom. The maximum absolute atomic E-state index is 12.2. The molecule has 1 radical (unpaired) electrons. The number of aliphatic hydroxyl groups excluding tert-OH is 1. The van der Waals surface area contributed by atoms with Crippen LogP contribution in [-0.4, -0.2) is 20.9 Å². The van der Waals surface area contributed by atoms with Gasteiger partial charge >= 0.3 is 0 Å². The molecule has 5 rings (SSSR count). The van der Waals surface area contributed by atoms with Crippen molar-refractivity contribution >= 4 is 27.5 Å². The molecule has 0 unspecified atom stereocenters. The average molecular weight is 866 g/mol. The second-order valence-corrected chi connectivity index (χ2v) is 15.7. The van der Waals surface area contributed by atoms with Crippen molar-refractivity contribution in [3.63, 3.8) is 0 Å². The van der Waals surface area contributed by atoms with Gasteiger partial charge in [-0.15, -0.1) is 29.1 Å². The molecule has 6 heteroatoms. The molecule has 0 spiro atoms. The molecule has 0 saturated carbocycles. The molecule has 5 aromatic rings. The molecule has 0 fully saturated rings. The Morgan fingerprint density at radius 3 is 2.08 bits per heavy atom. The number of hydrogen-bond donors (Lipinski definition) is 1. The van der Waals surface area contributed by atoms with Gasteiger partial charge in [0.05, 0.1) is 0 Å². The fraction of sp³-hybridized carbons (Fsp3) is 0.444. The number of ketones is 1. The number of carbonyl (C=O) groups is 1. The molecular formula is C45H57IrN2O3-. The van der Waals surface area contributed by atoms with E-state index < -0.39 is 0 Å². The van der Waals surface area contributed by atoms with Crippen LogP contribution in [0.1, 0.15) is 113 Å². The van der Waals surface area contributed by atoms with E-state index in [0.29, 0.717) is 5.92 Å². The number of aliphatic hydroxyl groups is 1. The van der Waals surface area contributed by atoms with Crippen molar-refractivity contribution < 1.29 is 34.4 Å². The average Bonchev–Trinajstić information content (AvgIpc) is 3.53. The summed E-state index contributed by atoms with van der Waals surface area (Å²) in [5.74, 6) is 1.65. The molecular weight excluding hydrogens is 809 g/mol. The molecule has 0 atom stereocenters. The molecule has 0 bridgehead atoms. The molecule has 0 aliphatic carbocycles. The van der Waals surface area contributed by atoms with E-state index in [1.54, 1.807) is 6.33 Å². The number of nitrogens with zero attached hydrogens (tertiary/aromatic N) is 2. The summed E-state index contributed by atoms with van der Waals surface area (Å²) < 4.78 is 6.21. The zero-order valence-electron chi connectivity index (χ0n) is 32.5. The molecule has 0 saturated heterocycles. The Morgan fingerprint density at radius 1 is 0.843 bits per heavy atom. The summed E-state index contributed by atoms with van der Waals surface area (Å²) >= 11 is 0. The first-order chi connectivity index (χ1) is 23.6. The topological polar surface area (TPSA) is 76.2 Å². The van der Waals surface area contributed by atoms with E-state index in [1.165, 1.54) is 22.6 Å². The van der Waals surface area contributed by atoms with Crippen LogP contribution in [0.2, 0.25) is 0 Å². The van der Waals surface area contributed by atoms with Crippen molar-refractivity contribution in [2.45, 2.75) is 114 Å². The summed E-state index contributed by atoms with van der Waals surface area (Å²) in [5, 5.41) is 13.6. The van der Waals surface area contributed by atoms with Crippen LogP contribution in [0.25, 0.3) is 44.5 Å². The number of fused-ring (bicyclic) bond motifs is 2. The second-order valence-electron chi connectivity index (χ2n) is 15.7. The third kappa shape index (κ3) is 9.84. The molecule has 0 aliphatic heterocycles. The Hall–Kier alpha value is -3.60. The fourth-order valence-corrected chi connectivity index (χ4v) is 6.11. The first-order valence-electron chi connectivity index (χ1n) is 18.3. The van der Waals surface area contributed by atoms with Crippen LogP contribution in [0.5, 0.6) is 0 Å². The minimum absolute atomic E-state index is 0. The molecule has 1 N–H and O–H groups in total. The summed E-state index contributed by atoms with van der Waals surface area (Å²) in [6.07, 6.45) is 7.41. The minimum atomic E-state index is -0.337. The Balaban J connectivity index is 0.000000335. The van der Waals surface area contributed by atoms with Crippen molar-refractivity contribution in [1.82, 2.24) is 9.97 Å². The quantitative estimate of drug-likeness (QED) is 0.0813. The molecule has 275 valence electrons. The van der Waals surface area contributed by atoms with E-state index in [1.807, 2.05) is 47.6 Å². The Labute approximate surface area is 319 Å². The van der Waals surface area contributed by atoms with E-state index >= 15 is 0 Å². The number of hydrogen-bond acceptors (Lipinski definition) is 5. The summed E-state index contributed by atoms with van der Waals surface area (Å²) in [5.41, 5.74) is 5.47. The third-order valence-corrected chi connectivity index (χ3v) is 10.6. The van der Waals surface area contributed by atoms with Gasteiger partial charge in [0.15, 0.2) is 11.5 Å². The summed E-state index contributed by atoms with van der Waals surface area (Å²) in [6, 6.07) is 24.7. The fourth-order valence-electron chi connectivity index (χ4n) is 6.11. The maximum Gasteiger partial charge on any atom is 0.164 e. The van der Waals surface area contributed by atoms with Crippen molar-refractivity contribution in [3.8, 4) is 22.7 Å². The number of benzene rings is 3. The van der Waals surface area contributed by atoms with Gasteiger partial charge in [-0.2, -0.15) is 0 Å². The molecule has 3 aromatic carbocycles. The SMILES string of the molecule is CC(C)Cc1ccc2cc(-c3cc(-c4[c-]c5ccccc5c(C(C)(C)C)c4)ncn3)oc2c1.CCC(C)(CC)C(=O)/C=C(\O)C(C)(CC)CC.[Ir]. The second kappa shape index (κ2) is 17.3. The molecule has 2 aromatic heterocycles. The summed E-state index contributed by atoms with van der Waals surface area (Å²) in [6.45, 7) is 23.3. The number of furan rings is 1. The van der Waals surface area contributed by atoms with E-state index in [4.69, 9.17) is 4.42 Å². The van der Waals surface area contributed by atoms with E-state index in [2.05, 4.69) is 105 Å². The van der Waals surface area contributed by atoms with E-state index in [-0.39, 0.29) is 47.9 Å². The molecule has 51 heavy (non-hydrogen) atoms. The van der Waals surface area contributed by atoms with E-state index in [9.17, 15) is 9.90 Å². The third-order valence-electron chi connectivity index (χ3n) is 10.6. The molecule has 0 aliphatic rings. The van der Waals surface area contributed by atoms with Crippen LogP contribution in [0.4, 0.5) is 0 Å². The minimum Gasteiger partial charge on any atom is -0.512 e. The van der Waals surface area contributed by atoms with Gasteiger partial charge in [0.2, 0.25) is 0 Å². The largest absolute Gasteiger partial charge is 0.512 e. The van der Waals surface area contributed by atoms with Crippen LogP contribution in [0, 0.1) is 22.8 Å². The number of carbonyl (C=O) groups excluding carboxylic acids is 1.